The van der Waals surface area contributed by atoms with E-state index < -0.39 is 0 Å². The monoisotopic (exact) mass is 418 g/mol. The molecule has 0 saturated carbocycles. The van der Waals surface area contributed by atoms with Crippen LogP contribution in [0.4, 0.5) is 5.69 Å². The number of amides is 1. The lowest BCUT2D eigenvalue weighted by atomic mass is 9.83. The van der Waals surface area contributed by atoms with Crippen molar-refractivity contribution in [3.8, 4) is 0 Å². The first kappa shape index (κ1) is 21.2. The molecule has 31 heavy (non-hydrogen) atoms. The average molecular weight is 419 g/mol. The topological polar surface area (TPSA) is 67.2 Å². The lowest BCUT2D eigenvalue weighted by Crippen LogP contribution is -2.36. The molecule has 6 nitrogen and oxygen atoms in total. The highest BCUT2D eigenvalue weighted by Gasteiger charge is 2.23. The Morgan fingerprint density at radius 1 is 1.16 bits per heavy atom. The summed E-state index contributed by atoms with van der Waals surface area (Å²) in [5.74, 6) is 1.26. The first-order chi connectivity index (χ1) is 15.0. The molecule has 2 atom stereocenters. The van der Waals surface area contributed by atoms with Gasteiger partial charge in [-0.2, -0.15) is 5.10 Å². The third-order valence-electron chi connectivity index (χ3n) is 6.38. The van der Waals surface area contributed by atoms with E-state index in [1.807, 2.05) is 30.3 Å². The van der Waals surface area contributed by atoms with Gasteiger partial charge in [-0.05, 0) is 68.5 Å². The average Bonchev–Trinajstić information content (AvgIpc) is 2.76. The predicted molar refractivity (Wildman–Crippen MR) is 124 cm³/mol. The van der Waals surface area contributed by atoms with Gasteiger partial charge in [0.2, 0.25) is 5.91 Å². The van der Waals surface area contributed by atoms with Crippen molar-refractivity contribution >= 4 is 22.4 Å². The maximum absolute atomic E-state index is 12.5. The number of carbonyl (C=O) groups excluding carboxylic acids is 1. The zero-order valence-corrected chi connectivity index (χ0v) is 18.3. The van der Waals surface area contributed by atoms with Gasteiger partial charge in [-0.1, -0.05) is 37.3 Å². The third-order valence-corrected chi connectivity index (χ3v) is 6.38. The Labute approximate surface area is 182 Å². The van der Waals surface area contributed by atoms with Gasteiger partial charge in [-0.15, -0.1) is 0 Å². The highest BCUT2D eigenvalue weighted by molar-refractivity contribution is 5.90. The normalized spacial score (nSPS) is 19.4. The van der Waals surface area contributed by atoms with E-state index in [1.54, 1.807) is 12.3 Å². The number of carbonyl (C=O) groups is 1. The van der Waals surface area contributed by atoms with Crippen LogP contribution in [-0.4, -0.2) is 40.7 Å². The number of hydrogen-bond acceptors (Lipinski definition) is 4. The summed E-state index contributed by atoms with van der Waals surface area (Å²) >= 11 is 0. The van der Waals surface area contributed by atoms with E-state index in [0.717, 1.165) is 29.3 Å². The first-order valence-electron chi connectivity index (χ1n) is 11.0. The molecule has 6 heteroatoms. The number of likely N-dealkylation sites (tertiary alicyclic amines) is 1. The van der Waals surface area contributed by atoms with Crippen molar-refractivity contribution in [1.29, 1.82) is 0 Å². The van der Waals surface area contributed by atoms with Crippen LogP contribution in [0, 0.1) is 11.8 Å². The first-order valence-corrected chi connectivity index (χ1v) is 11.0. The molecule has 0 unspecified atom stereocenters. The number of aromatic nitrogens is 2. The Morgan fingerprint density at radius 2 is 1.94 bits per heavy atom. The van der Waals surface area contributed by atoms with Crippen molar-refractivity contribution in [2.24, 2.45) is 11.8 Å². The molecule has 3 aromatic rings. The summed E-state index contributed by atoms with van der Waals surface area (Å²) in [4.78, 5) is 27.4. The van der Waals surface area contributed by atoms with Crippen molar-refractivity contribution in [3.63, 3.8) is 0 Å². The van der Waals surface area contributed by atoms with E-state index in [9.17, 15) is 9.59 Å². The number of hydrogen-bond donors (Lipinski definition) is 1. The third kappa shape index (κ3) is 5.20. The van der Waals surface area contributed by atoms with Gasteiger partial charge in [0.1, 0.15) is 6.54 Å². The van der Waals surface area contributed by atoms with Gasteiger partial charge in [0, 0.05) is 17.6 Å². The molecule has 1 saturated heterocycles. The largest absolute Gasteiger partial charge is 0.324 e. The van der Waals surface area contributed by atoms with Crippen LogP contribution in [0.3, 0.4) is 0 Å². The summed E-state index contributed by atoms with van der Waals surface area (Å²) in [6, 6.07) is 15.3. The van der Waals surface area contributed by atoms with Gasteiger partial charge in [0.25, 0.3) is 5.56 Å². The van der Waals surface area contributed by atoms with E-state index in [0.29, 0.717) is 5.39 Å². The molecule has 1 amide bonds. The maximum atomic E-state index is 12.5. The van der Waals surface area contributed by atoms with E-state index in [1.165, 1.54) is 36.2 Å². The molecule has 0 spiro atoms. The van der Waals surface area contributed by atoms with Crippen LogP contribution in [0.1, 0.15) is 25.3 Å². The molecule has 162 valence electrons. The van der Waals surface area contributed by atoms with Crippen molar-refractivity contribution in [2.75, 3.05) is 25.5 Å². The molecule has 1 aromatic heterocycles. The van der Waals surface area contributed by atoms with E-state index in [-0.39, 0.29) is 18.0 Å². The Balaban J connectivity index is 1.32. The van der Waals surface area contributed by atoms with Crippen molar-refractivity contribution < 1.29 is 4.79 Å². The van der Waals surface area contributed by atoms with Gasteiger partial charge in [0.15, 0.2) is 0 Å². The Morgan fingerprint density at radius 3 is 2.71 bits per heavy atom. The summed E-state index contributed by atoms with van der Waals surface area (Å²) in [7, 11) is 2.20. The van der Waals surface area contributed by atoms with Crippen LogP contribution in [0.25, 0.3) is 10.8 Å². The summed E-state index contributed by atoms with van der Waals surface area (Å²) < 4.78 is 1.20. The number of nitrogens with zero attached hydrogens (tertiary/aromatic N) is 3. The smallest absolute Gasteiger partial charge is 0.275 e. The number of benzene rings is 2. The van der Waals surface area contributed by atoms with E-state index >= 15 is 0 Å². The van der Waals surface area contributed by atoms with Crippen LogP contribution < -0.4 is 10.9 Å². The summed E-state index contributed by atoms with van der Waals surface area (Å²) in [6.07, 6.45) is 5.15. The quantitative estimate of drug-likeness (QED) is 0.665. The number of nitrogens with one attached hydrogen (secondary N) is 1. The summed E-state index contributed by atoms with van der Waals surface area (Å²) in [6.45, 7) is 4.62. The van der Waals surface area contributed by atoms with Crippen LogP contribution in [0.5, 0.6) is 0 Å². The lowest BCUT2D eigenvalue weighted by Gasteiger charge is -2.34. The van der Waals surface area contributed by atoms with E-state index in [2.05, 4.69) is 41.4 Å². The summed E-state index contributed by atoms with van der Waals surface area (Å²) in [5, 5.41) is 8.32. The number of aryl methyl sites for hydroxylation is 1. The highest BCUT2D eigenvalue weighted by atomic mass is 16.2. The SMILES string of the molecule is C[C@H]1CN(C)CC[C@@H]1CCc1ccc(NC(=O)Cn2ncc3ccccc3c2=O)cc1. The molecular weight excluding hydrogens is 388 g/mol. The standard InChI is InChI=1S/C25H30N4O2/c1-18-16-28(2)14-13-20(18)10-7-19-8-11-22(12-9-19)27-24(30)17-29-25(31)23-6-4-3-5-21(23)15-26-29/h3-6,8-9,11-12,15,18,20H,7,10,13-14,16-17H2,1-2H3,(H,27,30)/t18-,20-/m0/s1. The molecule has 0 bridgehead atoms. The minimum absolute atomic E-state index is 0.112. The second kappa shape index (κ2) is 9.43. The predicted octanol–water partition coefficient (Wildman–Crippen LogP) is 3.56. The second-order valence-corrected chi connectivity index (χ2v) is 8.77. The van der Waals surface area contributed by atoms with Crippen molar-refractivity contribution in [3.05, 3.63) is 70.6 Å². The van der Waals surface area contributed by atoms with Gasteiger partial charge >= 0.3 is 0 Å². The maximum Gasteiger partial charge on any atom is 0.275 e. The zero-order valence-electron chi connectivity index (χ0n) is 18.3. The van der Waals surface area contributed by atoms with Gasteiger partial charge in [0.05, 0.1) is 11.6 Å². The molecule has 1 fully saturated rings. The van der Waals surface area contributed by atoms with Gasteiger partial charge in [-0.3, -0.25) is 9.59 Å². The molecule has 0 radical (unpaired) electrons. The second-order valence-electron chi connectivity index (χ2n) is 8.77. The van der Waals surface area contributed by atoms with Crippen molar-refractivity contribution in [2.45, 2.75) is 32.7 Å². The van der Waals surface area contributed by atoms with Crippen LogP contribution in [0.15, 0.2) is 59.5 Å². The Bertz CT molecular complexity index is 1110. The van der Waals surface area contributed by atoms with Gasteiger partial charge in [-0.25, -0.2) is 4.68 Å². The number of anilines is 1. The minimum atomic E-state index is -0.266. The highest BCUT2D eigenvalue weighted by Crippen LogP contribution is 2.27. The molecule has 4 rings (SSSR count). The van der Waals surface area contributed by atoms with Crippen LogP contribution in [-0.2, 0) is 17.8 Å². The Hall–Kier alpha value is -2.99. The number of piperidine rings is 1. The van der Waals surface area contributed by atoms with Crippen LogP contribution in [0.2, 0.25) is 0 Å². The van der Waals surface area contributed by atoms with Crippen molar-refractivity contribution in [1.82, 2.24) is 14.7 Å². The molecule has 1 aliphatic heterocycles. The minimum Gasteiger partial charge on any atom is -0.324 e. The number of fused-ring (bicyclic) bond motifs is 1. The zero-order chi connectivity index (χ0) is 21.8. The lowest BCUT2D eigenvalue weighted by molar-refractivity contribution is -0.117. The Kier molecular flexibility index (Phi) is 6.47. The molecule has 2 aromatic carbocycles. The fraction of sp³-hybridized carbons (Fsp3) is 0.400. The molecular formula is C25H30N4O2. The summed E-state index contributed by atoms with van der Waals surface area (Å²) in [5.41, 5.74) is 1.76. The van der Waals surface area contributed by atoms with E-state index in [4.69, 9.17) is 0 Å². The molecule has 2 heterocycles. The fourth-order valence-electron chi connectivity index (χ4n) is 4.52. The molecule has 1 aliphatic rings. The molecule has 1 N–H and O–H groups in total. The van der Waals surface area contributed by atoms with Gasteiger partial charge < -0.3 is 10.2 Å². The number of rotatable bonds is 6. The van der Waals surface area contributed by atoms with Crippen LogP contribution >= 0.6 is 0 Å². The fourth-order valence-corrected chi connectivity index (χ4v) is 4.52. The molecule has 0 aliphatic carbocycles.